The number of allylic oxidation sites excluding steroid dienone is 3. The highest BCUT2D eigenvalue weighted by molar-refractivity contribution is 7.90. The SMILES string of the molecule is CCCCCC1=C(CCNCc2ccc(C(=O)NC3(C(=O)O)CC3CS(C)(=O)=O)c(-c3ccccc3C)c2)C(C)CC=C1. The fourth-order valence-electron chi connectivity index (χ4n) is 6.28. The maximum atomic E-state index is 13.6. The summed E-state index contributed by atoms with van der Waals surface area (Å²) in [6, 6.07) is 13.5. The number of rotatable bonds is 15. The monoisotopic (exact) mass is 606 g/mol. The molecule has 7 nitrogen and oxygen atoms in total. The smallest absolute Gasteiger partial charge is 0.329 e. The van der Waals surface area contributed by atoms with Crippen LogP contribution in [0.1, 0.15) is 80.3 Å². The third kappa shape index (κ3) is 8.24. The minimum absolute atomic E-state index is 0.0913. The first-order valence-corrected chi connectivity index (χ1v) is 17.5. The van der Waals surface area contributed by atoms with E-state index < -0.39 is 33.2 Å². The standard InChI is InChI=1S/C35H46N2O5S/c1-5-6-7-13-27-14-10-12-24(2)29(27)18-19-36-22-26-16-17-31(32(20-26)30-15-9-8-11-25(30)3)33(38)37-35(34(39)40)21-28(35)23-43(4,41)42/h8-11,14-17,20,24,28,36H,5-7,12-13,18-19,21-23H2,1-4H3,(H,37,38)(H,39,40). The molecule has 43 heavy (non-hydrogen) atoms. The van der Waals surface area contributed by atoms with Crippen molar-refractivity contribution in [3.8, 4) is 11.1 Å². The maximum absolute atomic E-state index is 13.6. The fraction of sp³-hybridized carbons (Fsp3) is 0.486. The van der Waals surface area contributed by atoms with Crippen molar-refractivity contribution in [1.29, 1.82) is 0 Å². The second-order valence-corrected chi connectivity index (χ2v) is 14.6. The Kier molecular flexibility index (Phi) is 10.7. The van der Waals surface area contributed by atoms with E-state index in [4.69, 9.17) is 0 Å². The zero-order valence-electron chi connectivity index (χ0n) is 25.9. The molecule has 0 heterocycles. The van der Waals surface area contributed by atoms with Crippen LogP contribution in [0.5, 0.6) is 0 Å². The largest absolute Gasteiger partial charge is 0.479 e. The molecule has 3 atom stereocenters. The lowest BCUT2D eigenvalue weighted by atomic mass is 9.84. The molecule has 2 aliphatic rings. The molecule has 4 rings (SSSR count). The van der Waals surface area contributed by atoms with E-state index in [1.165, 1.54) is 24.8 Å². The van der Waals surface area contributed by atoms with Gasteiger partial charge in [-0.25, -0.2) is 13.2 Å². The second kappa shape index (κ2) is 14.0. The van der Waals surface area contributed by atoms with Crippen LogP contribution in [0.25, 0.3) is 11.1 Å². The molecule has 1 amide bonds. The van der Waals surface area contributed by atoms with E-state index in [1.54, 1.807) is 11.6 Å². The summed E-state index contributed by atoms with van der Waals surface area (Å²) < 4.78 is 23.7. The van der Waals surface area contributed by atoms with Crippen LogP contribution < -0.4 is 10.6 Å². The molecule has 232 valence electrons. The Morgan fingerprint density at radius 2 is 1.84 bits per heavy atom. The molecule has 0 bridgehead atoms. The van der Waals surface area contributed by atoms with Crippen LogP contribution in [-0.2, 0) is 21.2 Å². The predicted molar refractivity (Wildman–Crippen MR) is 173 cm³/mol. The Morgan fingerprint density at radius 3 is 2.53 bits per heavy atom. The van der Waals surface area contributed by atoms with Crippen LogP contribution in [0.15, 0.2) is 65.8 Å². The summed E-state index contributed by atoms with van der Waals surface area (Å²) in [6.07, 6.45) is 12.7. The molecule has 2 aromatic carbocycles. The first-order valence-electron chi connectivity index (χ1n) is 15.5. The summed E-state index contributed by atoms with van der Waals surface area (Å²) in [7, 11) is -3.39. The van der Waals surface area contributed by atoms with Crippen LogP contribution in [0.2, 0.25) is 0 Å². The number of sulfone groups is 1. The quantitative estimate of drug-likeness (QED) is 0.207. The average Bonchev–Trinajstić information content (AvgIpc) is 3.63. The number of nitrogens with one attached hydrogen (secondary N) is 2. The molecule has 1 saturated carbocycles. The van der Waals surface area contributed by atoms with Gasteiger partial charge in [-0.3, -0.25) is 4.79 Å². The summed E-state index contributed by atoms with van der Waals surface area (Å²) in [5.74, 6) is -2.09. The number of unbranched alkanes of at least 4 members (excludes halogenated alkanes) is 2. The van der Waals surface area contributed by atoms with Crippen LogP contribution in [0.3, 0.4) is 0 Å². The normalized spacial score (nSPS) is 21.6. The molecule has 0 radical (unpaired) electrons. The first-order chi connectivity index (χ1) is 20.4. The number of carbonyl (C=O) groups is 2. The Bertz CT molecular complexity index is 1510. The topological polar surface area (TPSA) is 113 Å². The molecule has 0 aliphatic heterocycles. The minimum atomic E-state index is -3.39. The molecule has 3 N–H and O–H groups in total. The molecule has 0 spiro atoms. The highest BCUT2D eigenvalue weighted by Gasteiger charge is 2.62. The Morgan fingerprint density at radius 1 is 1.07 bits per heavy atom. The average molecular weight is 607 g/mol. The van der Waals surface area contributed by atoms with Crippen molar-refractivity contribution in [2.24, 2.45) is 11.8 Å². The van der Waals surface area contributed by atoms with Gasteiger partial charge in [-0.05, 0) is 91.5 Å². The molecule has 8 heteroatoms. The minimum Gasteiger partial charge on any atom is -0.479 e. The van der Waals surface area contributed by atoms with E-state index in [0.717, 1.165) is 54.3 Å². The molecule has 3 unspecified atom stereocenters. The van der Waals surface area contributed by atoms with E-state index in [2.05, 4.69) is 36.6 Å². The number of aliphatic carboxylic acids is 1. The number of hydrogen-bond acceptors (Lipinski definition) is 5. The fourth-order valence-corrected chi connectivity index (χ4v) is 7.42. The van der Waals surface area contributed by atoms with Gasteiger partial charge in [-0.15, -0.1) is 0 Å². The van der Waals surface area contributed by atoms with Crippen molar-refractivity contribution >= 4 is 21.7 Å². The van der Waals surface area contributed by atoms with E-state index in [9.17, 15) is 23.1 Å². The predicted octanol–water partition coefficient (Wildman–Crippen LogP) is 6.23. The van der Waals surface area contributed by atoms with Crippen molar-refractivity contribution in [3.05, 3.63) is 82.5 Å². The van der Waals surface area contributed by atoms with Crippen molar-refractivity contribution < 1.29 is 23.1 Å². The lowest BCUT2D eigenvalue weighted by molar-refractivity contribution is -0.140. The molecule has 1 fully saturated rings. The second-order valence-electron chi connectivity index (χ2n) is 12.4. The van der Waals surface area contributed by atoms with Crippen LogP contribution >= 0.6 is 0 Å². The van der Waals surface area contributed by atoms with Gasteiger partial charge in [-0.1, -0.05) is 74.7 Å². The number of aryl methyl sites for hydroxylation is 1. The van der Waals surface area contributed by atoms with Crippen LogP contribution in [0, 0.1) is 18.8 Å². The molecular weight excluding hydrogens is 560 g/mol. The number of carboxylic acids is 1. The van der Waals surface area contributed by atoms with E-state index in [1.807, 2.05) is 43.3 Å². The molecule has 0 saturated heterocycles. The van der Waals surface area contributed by atoms with Gasteiger partial charge in [0.25, 0.3) is 5.91 Å². The third-order valence-corrected chi connectivity index (χ3v) is 9.86. The van der Waals surface area contributed by atoms with Gasteiger partial charge in [0, 0.05) is 24.3 Å². The van der Waals surface area contributed by atoms with Crippen molar-refractivity contribution in [1.82, 2.24) is 10.6 Å². The number of hydrogen-bond donors (Lipinski definition) is 3. The molecule has 0 aromatic heterocycles. The maximum Gasteiger partial charge on any atom is 0.329 e. The summed E-state index contributed by atoms with van der Waals surface area (Å²) in [4.78, 5) is 25.7. The Balaban J connectivity index is 1.50. The molecule has 2 aliphatic carbocycles. The van der Waals surface area contributed by atoms with Gasteiger partial charge in [0.05, 0.1) is 5.75 Å². The number of amides is 1. The summed E-state index contributed by atoms with van der Waals surface area (Å²) >= 11 is 0. The third-order valence-electron chi connectivity index (χ3n) is 8.86. The van der Waals surface area contributed by atoms with Crippen molar-refractivity contribution in [2.75, 3.05) is 18.6 Å². The summed E-state index contributed by atoms with van der Waals surface area (Å²) in [6.45, 7) is 8.03. The lowest BCUT2D eigenvalue weighted by Crippen LogP contribution is -2.45. The zero-order valence-corrected chi connectivity index (χ0v) is 26.7. The van der Waals surface area contributed by atoms with Crippen LogP contribution in [0.4, 0.5) is 0 Å². The van der Waals surface area contributed by atoms with Gasteiger partial charge in [0.1, 0.15) is 15.4 Å². The lowest BCUT2D eigenvalue weighted by Gasteiger charge is -2.23. The molecular formula is C35H46N2O5S. The Hall–Kier alpha value is -3.23. The van der Waals surface area contributed by atoms with Gasteiger partial charge < -0.3 is 15.7 Å². The van der Waals surface area contributed by atoms with Gasteiger partial charge in [0.2, 0.25) is 0 Å². The van der Waals surface area contributed by atoms with Gasteiger partial charge >= 0.3 is 5.97 Å². The van der Waals surface area contributed by atoms with E-state index in [0.29, 0.717) is 18.0 Å². The summed E-state index contributed by atoms with van der Waals surface area (Å²) in [5, 5.41) is 16.2. The summed E-state index contributed by atoms with van der Waals surface area (Å²) in [5.41, 5.74) is 5.50. The highest BCUT2D eigenvalue weighted by Crippen LogP contribution is 2.45. The van der Waals surface area contributed by atoms with E-state index >= 15 is 0 Å². The van der Waals surface area contributed by atoms with Gasteiger partial charge in [-0.2, -0.15) is 0 Å². The Labute approximate surface area is 256 Å². The molecule has 2 aromatic rings. The van der Waals surface area contributed by atoms with Gasteiger partial charge in [0.15, 0.2) is 0 Å². The van der Waals surface area contributed by atoms with Crippen molar-refractivity contribution in [3.63, 3.8) is 0 Å². The number of carbonyl (C=O) groups excluding carboxylic acids is 1. The zero-order chi connectivity index (χ0) is 31.2. The highest BCUT2D eigenvalue weighted by atomic mass is 32.2. The first kappa shape index (κ1) is 32.7. The van der Waals surface area contributed by atoms with E-state index in [-0.39, 0.29) is 12.2 Å². The number of benzene rings is 2. The number of carboxylic acid groups (broad SMARTS) is 1. The van der Waals surface area contributed by atoms with Crippen molar-refractivity contribution in [2.45, 2.75) is 77.8 Å². The van der Waals surface area contributed by atoms with Crippen LogP contribution in [-0.4, -0.2) is 49.5 Å².